The summed E-state index contributed by atoms with van der Waals surface area (Å²) >= 11 is 5.80. The van der Waals surface area contributed by atoms with Gasteiger partial charge in [-0.1, -0.05) is 49.7 Å². The van der Waals surface area contributed by atoms with Crippen LogP contribution in [0.2, 0.25) is 5.02 Å². The molecule has 2 aromatic carbocycles. The highest BCUT2D eigenvalue weighted by Crippen LogP contribution is 2.21. The van der Waals surface area contributed by atoms with E-state index in [1.165, 1.54) is 6.21 Å². The molecule has 0 saturated carbocycles. The van der Waals surface area contributed by atoms with Gasteiger partial charge in [-0.3, -0.25) is 9.10 Å². The number of hydrogen-bond donors (Lipinski definition) is 1. The third kappa shape index (κ3) is 6.37. The van der Waals surface area contributed by atoms with Crippen molar-refractivity contribution in [1.29, 1.82) is 0 Å². The number of sulfonamides is 1. The van der Waals surface area contributed by atoms with E-state index in [1.807, 2.05) is 12.1 Å². The van der Waals surface area contributed by atoms with Gasteiger partial charge in [0.05, 0.1) is 18.2 Å². The third-order valence-corrected chi connectivity index (χ3v) is 5.20. The van der Waals surface area contributed by atoms with Gasteiger partial charge in [0.15, 0.2) is 0 Å². The zero-order valence-electron chi connectivity index (χ0n) is 15.4. The highest BCUT2D eigenvalue weighted by molar-refractivity contribution is 7.92. The van der Waals surface area contributed by atoms with Crippen LogP contribution < -0.4 is 9.73 Å². The molecule has 6 nitrogen and oxygen atoms in total. The fourth-order valence-electron chi connectivity index (χ4n) is 2.32. The maximum absolute atomic E-state index is 12.1. The van der Waals surface area contributed by atoms with Crippen molar-refractivity contribution in [1.82, 2.24) is 5.43 Å². The van der Waals surface area contributed by atoms with Crippen molar-refractivity contribution in [2.24, 2.45) is 5.10 Å². The lowest BCUT2D eigenvalue weighted by Crippen LogP contribution is -2.39. The Balaban J connectivity index is 2.07. The maximum Gasteiger partial charge on any atom is 0.260 e. The number of nitrogens with zero attached hydrogens (tertiary/aromatic N) is 2. The second-order valence-electron chi connectivity index (χ2n) is 6.36. The van der Waals surface area contributed by atoms with Gasteiger partial charge in [-0.15, -0.1) is 0 Å². The van der Waals surface area contributed by atoms with E-state index in [0.717, 1.165) is 21.7 Å². The van der Waals surface area contributed by atoms with Gasteiger partial charge in [-0.05, 0) is 41.3 Å². The van der Waals surface area contributed by atoms with Crippen LogP contribution in [0.4, 0.5) is 5.69 Å². The minimum absolute atomic E-state index is 0.330. The minimum atomic E-state index is -3.62. The molecule has 0 bridgehead atoms. The lowest BCUT2D eigenvalue weighted by atomic mass is 10.0. The minimum Gasteiger partial charge on any atom is -0.271 e. The summed E-state index contributed by atoms with van der Waals surface area (Å²) in [7, 11) is -3.62. The molecule has 0 fully saturated rings. The van der Waals surface area contributed by atoms with Crippen LogP contribution in [0.1, 0.15) is 30.9 Å². The molecule has 27 heavy (non-hydrogen) atoms. The normalized spacial score (nSPS) is 11.7. The Labute approximate surface area is 164 Å². The first kappa shape index (κ1) is 20.9. The molecule has 0 aliphatic rings. The van der Waals surface area contributed by atoms with Crippen LogP contribution in [0.5, 0.6) is 0 Å². The number of halogens is 1. The molecule has 144 valence electrons. The molecule has 2 rings (SSSR count). The second-order valence-corrected chi connectivity index (χ2v) is 8.70. The summed E-state index contributed by atoms with van der Waals surface area (Å²) in [4.78, 5) is 12.1. The number of hydrogen-bond acceptors (Lipinski definition) is 4. The van der Waals surface area contributed by atoms with Gasteiger partial charge < -0.3 is 0 Å². The van der Waals surface area contributed by atoms with Crippen molar-refractivity contribution in [3.8, 4) is 0 Å². The van der Waals surface area contributed by atoms with E-state index < -0.39 is 15.9 Å². The molecule has 2 aromatic rings. The first-order valence-electron chi connectivity index (χ1n) is 8.32. The van der Waals surface area contributed by atoms with Gasteiger partial charge in [0.2, 0.25) is 10.0 Å². The smallest absolute Gasteiger partial charge is 0.260 e. The van der Waals surface area contributed by atoms with Crippen LogP contribution in [0.25, 0.3) is 0 Å². The largest absolute Gasteiger partial charge is 0.271 e. The van der Waals surface area contributed by atoms with Crippen molar-refractivity contribution in [2.45, 2.75) is 19.8 Å². The van der Waals surface area contributed by atoms with Crippen LogP contribution in [0, 0.1) is 0 Å². The Bertz CT molecular complexity index is 908. The summed E-state index contributed by atoms with van der Waals surface area (Å²) in [6.07, 6.45) is 2.52. The molecule has 1 N–H and O–H groups in total. The predicted octanol–water partition coefficient (Wildman–Crippen LogP) is 3.38. The number of anilines is 1. The quantitative estimate of drug-likeness (QED) is 0.564. The second kappa shape index (κ2) is 9.01. The maximum atomic E-state index is 12.1. The molecule has 0 aliphatic heterocycles. The Morgan fingerprint density at radius 3 is 2.26 bits per heavy atom. The summed E-state index contributed by atoms with van der Waals surface area (Å²) in [6, 6.07) is 14.0. The zero-order chi connectivity index (χ0) is 20.0. The van der Waals surface area contributed by atoms with Crippen LogP contribution in [-0.2, 0) is 14.8 Å². The first-order valence-corrected chi connectivity index (χ1v) is 10.5. The topological polar surface area (TPSA) is 78.8 Å². The predicted molar refractivity (Wildman–Crippen MR) is 110 cm³/mol. The summed E-state index contributed by atoms with van der Waals surface area (Å²) in [6.45, 7) is 3.74. The summed E-state index contributed by atoms with van der Waals surface area (Å²) in [5.74, 6) is -0.213. The van der Waals surface area contributed by atoms with Crippen molar-refractivity contribution in [2.75, 3.05) is 17.1 Å². The molecule has 0 aliphatic carbocycles. The summed E-state index contributed by atoms with van der Waals surface area (Å²) in [5.41, 5.74) is 4.61. The van der Waals surface area contributed by atoms with Crippen molar-refractivity contribution < 1.29 is 13.2 Å². The third-order valence-electron chi connectivity index (χ3n) is 3.81. The van der Waals surface area contributed by atoms with E-state index in [1.54, 1.807) is 36.4 Å². The van der Waals surface area contributed by atoms with E-state index in [9.17, 15) is 13.2 Å². The molecule has 0 heterocycles. The van der Waals surface area contributed by atoms with E-state index in [2.05, 4.69) is 24.4 Å². The lowest BCUT2D eigenvalue weighted by Gasteiger charge is -2.21. The van der Waals surface area contributed by atoms with Gasteiger partial charge in [0.25, 0.3) is 5.91 Å². The molecule has 0 spiro atoms. The SMILES string of the molecule is CC(C)c1ccc(N(CC(=O)N/N=C\c2ccc(Cl)cc2)S(C)(=O)=O)cc1. The number of carbonyl (C=O) groups is 1. The Kier molecular flexibility index (Phi) is 6.98. The lowest BCUT2D eigenvalue weighted by molar-refractivity contribution is -0.119. The molecular formula is C19H22ClN3O3S. The van der Waals surface area contributed by atoms with Crippen LogP contribution in [0.15, 0.2) is 53.6 Å². The van der Waals surface area contributed by atoms with Crippen LogP contribution in [0.3, 0.4) is 0 Å². The Morgan fingerprint density at radius 2 is 1.74 bits per heavy atom. The summed E-state index contributed by atoms with van der Waals surface area (Å²) < 4.78 is 25.3. The fourth-order valence-corrected chi connectivity index (χ4v) is 3.30. The average molecular weight is 408 g/mol. The highest BCUT2D eigenvalue weighted by Gasteiger charge is 2.20. The molecule has 8 heteroatoms. The van der Waals surface area contributed by atoms with Gasteiger partial charge >= 0.3 is 0 Å². The molecule has 0 aromatic heterocycles. The van der Waals surface area contributed by atoms with E-state index >= 15 is 0 Å². The Morgan fingerprint density at radius 1 is 1.15 bits per heavy atom. The molecule has 0 atom stereocenters. The van der Waals surface area contributed by atoms with Crippen LogP contribution in [-0.4, -0.2) is 33.3 Å². The number of amides is 1. The Hall–Kier alpha value is -2.38. The van der Waals surface area contributed by atoms with E-state index in [-0.39, 0.29) is 6.54 Å². The van der Waals surface area contributed by atoms with Gasteiger partial charge in [-0.2, -0.15) is 5.10 Å². The van der Waals surface area contributed by atoms with Crippen molar-refractivity contribution in [3.63, 3.8) is 0 Å². The number of nitrogens with one attached hydrogen (secondary N) is 1. The highest BCUT2D eigenvalue weighted by atomic mass is 35.5. The first-order chi connectivity index (χ1) is 12.7. The summed E-state index contributed by atoms with van der Waals surface area (Å²) in [5, 5.41) is 4.45. The fraction of sp³-hybridized carbons (Fsp3) is 0.263. The monoisotopic (exact) mass is 407 g/mol. The van der Waals surface area contributed by atoms with E-state index in [4.69, 9.17) is 11.6 Å². The van der Waals surface area contributed by atoms with Gasteiger partial charge in [0, 0.05) is 5.02 Å². The van der Waals surface area contributed by atoms with Gasteiger partial charge in [0.1, 0.15) is 6.54 Å². The molecular weight excluding hydrogens is 386 g/mol. The molecule has 1 amide bonds. The molecule has 0 saturated heterocycles. The van der Waals surface area contributed by atoms with E-state index in [0.29, 0.717) is 16.6 Å². The molecule has 0 radical (unpaired) electrons. The zero-order valence-corrected chi connectivity index (χ0v) is 17.0. The number of carbonyl (C=O) groups excluding carboxylic acids is 1. The standard InChI is InChI=1S/C19H22ClN3O3S/c1-14(2)16-6-10-18(11-7-16)23(27(3,25)26)13-19(24)22-21-12-15-4-8-17(20)9-5-15/h4-12,14H,13H2,1-3H3,(H,22,24)/b21-12-. The molecule has 0 unspecified atom stereocenters. The number of hydrazone groups is 1. The van der Waals surface area contributed by atoms with Crippen molar-refractivity contribution >= 4 is 39.4 Å². The van der Waals surface area contributed by atoms with Crippen molar-refractivity contribution in [3.05, 3.63) is 64.7 Å². The van der Waals surface area contributed by atoms with Gasteiger partial charge in [-0.25, -0.2) is 13.8 Å². The van der Waals surface area contributed by atoms with Crippen LogP contribution >= 0.6 is 11.6 Å². The number of rotatable bonds is 7. The average Bonchev–Trinajstić information content (AvgIpc) is 2.60. The number of benzene rings is 2.